The smallest absolute Gasteiger partial charge is 0.872 e. The number of H-pyrrole nitrogens is 1. The van der Waals surface area contributed by atoms with Gasteiger partial charge in [-0.2, -0.15) is 4.68 Å². The third-order valence-electron chi connectivity index (χ3n) is 4.48. The minimum atomic E-state index is -0.270. The van der Waals surface area contributed by atoms with Crippen molar-refractivity contribution in [1.82, 2.24) is 19.7 Å². The average molecular weight is 396 g/mol. The topological polar surface area (TPSA) is 86.6 Å². The number of nitrogens with one attached hydrogen (secondary N) is 1. The van der Waals surface area contributed by atoms with E-state index in [0.717, 1.165) is 10.2 Å². The van der Waals surface area contributed by atoms with Crippen LogP contribution < -0.4 is 40.2 Å². The number of rotatable bonds is 2. The van der Waals surface area contributed by atoms with Crippen LogP contribution in [0.5, 0.6) is 5.75 Å². The number of fused-ring (bicyclic) bond motifs is 2. The first-order valence-corrected chi connectivity index (χ1v) is 9.18. The summed E-state index contributed by atoms with van der Waals surface area (Å²) in [6.07, 6.45) is 0. The molecule has 0 fully saturated rings. The van der Waals surface area contributed by atoms with Crippen molar-refractivity contribution in [3.8, 4) is 22.1 Å². The second-order valence-electron chi connectivity index (χ2n) is 6.24. The first-order valence-electron chi connectivity index (χ1n) is 8.36. The summed E-state index contributed by atoms with van der Waals surface area (Å²) in [7, 11) is 0. The van der Waals surface area contributed by atoms with Crippen molar-refractivity contribution in [2.24, 2.45) is 0 Å². The maximum Gasteiger partial charge on any atom is 1.00 e. The van der Waals surface area contributed by atoms with Gasteiger partial charge in [0.15, 0.2) is 0 Å². The Balaban J connectivity index is 0.00000192. The zero-order chi connectivity index (χ0) is 18.5. The third-order valence-corrected chi connectivity index (χ3v) is 5.50. The molecule has 0 amide bonds. The van der Waals surface area contributed by atoms with Crippen LogP contribution in [0.4, 0.5) is 0 Å². The first-order chi connectivity index (χ1) is 13.1. The molecule has 132 valence electrons. The van der Waals surface area contributed by atoms with Crippen LogP contribution >= 0.6 is 11.3 Å². The van der Waals surface area contributed by atoms with E-state index in [-0.39, 0.29) is 40.9 Å². The van der Waals surface area contributed by atoms with E-state index in [1.165, 1.54) is 22.1 Å². The van der Waals surface area contributed by atoms with Crippen molar-refractivity contribution in [2.75, 3.05) is 0 Å². The van der Waals surface area contributed by atoms with Crippen LogP contribution in [0.3, 0.4) is 0 Å². The minimum absolute atomic E-state index is 0. The van der Waals surface area contributed by atoms with Crippen LogP contribution in [0.1, 0.15) is 5.69 Å². The minimum Gasteiger partial charge on any atom is -0.872 e. The summed E-state index contributed by atoms with van der Waals surface area (Å²) in [6.45, 7) is 1.79. The summed E-state index contributed by atoms with van der Waals surface area (Å²) in [6, 6.07) is 16.3. The van der Waals surface area contributed by atoms with Crippen molar-refractivity contribution in [1.29, 1.82) is 0 Å². The van der Waals surface area contributed by atoms with E-state index in [1.807, 2.05) is 30.3 Å². The quantitative estimate of drug-likeness (QED) is 0.437. The van der Waals surface area contributed by atoms with Gasteiger partial charge in [-0.3, -0.25) is 9.89 Å². The molecule has 6 nitrogen and oxygen atoms in total. The number of pyridine rings is 1. The molecule has 3 heterocycles. The Bertz CT molecular complexity index is 1350. The molecule has 28 heavy (non-hydrogen) atoms. The van der Waals surface area contributed by atoms with Crippen molar-refractivity contribution in [2.45, 2.75) is 6.92 Å². The van der Waals surface area contributed by atoms with Crippen LogP contribution in [0.25, 0.3) is 37.5 Å². The fourth-order valence-electron chi connectivity index (χ4n) is 3.21. The molecular weight excluding hydrogens is 383 g/mol. The zero-order valence-electron chi connectivity index (χ0n) is 15.3. The predicted octanol–water partition coefficient (Wildman–Crippen LogP) is 0.377. The van der Waals surface area contributed by atoms with E-state index < -0.39 is 0 Å². The van der Waals surface area contributed by atoms with Crippen molar-refractivity contribution < 1.29 is 34.7 Å². The van der Waals surface area contributed by atoms with Gasteiger partial charge in [0.05, 0.1) is 27.0 Å². The number of para-hydroxylation sites is 2. The van der Waals surface area contributed by atoms with E-state index in [0.29, 0.717) is 33.0 Å². The number of hydrogen-bond donors (Lipinski definition) is 1. The van der Waals surface area contributed by atoms with Crippen LogP contribution in [-0.4, -0.2) is 19.7 Å². The molecule has 0 saturated heterocycles. The van der Waals surface area contributed by atoms with Crippen molar-refractivity contribution in [3.63, 3.8) is 0 Å². The van der Waals surface area contributed by atoms with Gasteiger partial charge in [-0.25, -0.2) is 9.97 Å². The zero-order valence-corrected chi connectivity index (χ0v) is 18.1. The normalized spacial score (nSPS) is 11.0. The van der Waals surface area contributed by atoms with E-state index in [2.05, 4.69) is 15.1 Å². The number of aromatic nitrogens is 4. The largest absolute Gasteiger partial charge is 1.00 e. The Morgan fingerprint density at radius 3 is 2.54 bits per heavy atom. The van der Waals surface area contributed by atoms with E-state index >= 15 is 0 Å². The standard InChI is InChI=1S/C20H14N4O2S.Na/c1-11-18(15-10-16(25)12-6-2-3-7-13(12)21-15)19(26)24(23-11)20-22-14-8-4-5-9-17(14)27-20;/h2-10,23H,1H3,(H,21,25);/q;+1/p-1. The number of aryl methyl sites for hydroxylation is 1. The third kappa shape index (κ3) is 2.97. The van der Waals surface area contributed by atoms with Crippen molar-refractivity contribution >= 4 is 32.5 Å². The van der Waals surface area contributed by atoms with Gasteiger partial charge in [0, 0.05) is 5.69 Å². The second-order valence-corrected chi connectivity index (χ2v) is 7.25. The maximum atomic E-state index is 13.1. The molecule has 0 spiro atoms. The van der Waals surface area contributed by atoms with E-state index in [9.17, 15) is 9.90 Å². The average Bonchev–Trinajstić information content (AvgIpc) is 3.22. The summed E-state index contributed by atoms with van der Waals surface area (Å²) in [5, 5.41) is 16.6. The number of thiazole rings is 1. The van der Waals surface area contributed by atoms with Gasteiger partial charge in [0.1, 0.15) is 0 Å². The Kier molecular flexibility index (Phi) is 4.84. The predicted molar refractivity (Wildman–Crippen MR) is 104 cm³/mol. The molecule has 0 aliphatic heterocycles. The molecule has 0 atom stereocenters. The molecule has 1 N–H and O–H groups in total. The summed E-state index contributed by atoms with van der Waals surface area (Å²) in [5.41, 5.74) is 2.54. The summed E-state index contributed by atoms with van der Waals surface area (Å²) >= 11 is 1.43. The molecule has 3 aromatic heterocycles. The van der Waals surface area contributed by atoms with Crippen molar-refractivity contribution in [3.05, 3.63) is 70.6 Å². The molecule has 0 bridgehead atoms. The van der Waals surface area contributed by atoms with Gasteiger partial charge in [0.2, 0.25) is 5.13 Å². The number of aromatic amines is 1. The summed E-state index contributed by atoms with van der Waals surface area (Å²) in [4.78, 5) is 22.1. The van der Waals surface area contributed by atoms with Gasteiger partial charge in [-0.1, -0.05) is 47.4 Å². The SMILES string of the molecule is Cc1[nH]n(-c2nc3ccccc3s2)c(=O)c1-c1cc([O-])c2ccccc2n1.[Na+]. The summed E-state index contributed by atoms with van der Waals surface area (Å²) < 4.78 is 2.41. The molecule has 2 aromatic carbocycles. The van der Waals surface area contributed by atoms with E-state index in [1.54, 1.807) is 25.1 Å². The first kappa shape index (κ1) is 18.9. The van der Waals surface area contributed by atoms with Crippen LogP contribution in [0.15, 0.2) is 59.4 Å². The van der Waals surface area contributed by atoms with Gasteiger partial charge < -0.3 is 5.11 Å². The molecule has 0 aliphatic carbocycles. The van der Waals surface area contributed by atoms with Crippen LogP contribution in [0, 0.1) is 6.92 Å². The Morgan fingerprint density at radius 2 is 1.75 bits per heavy atom. The molecule has 0 unspecified atom stereocenters. The monoisotopic (exact) mass is 396 g/mol. The number of hydrogen-bond acceptors (Lipinski definition) is 5. The van der Waals surface area contributed by atoms with Crippen LogP contribution in [-0.2, 0) is 0 Å². The van der Waals surface area contributed by atoms with Gasteiger partial charge in [-0.05, 0) is 36.6 Å². The molecule has 0 aliphatic rings. The fourth-order valence-corrected chi connectivity index (χ4v) is 4.14. The molecular formula is C20H13N4NaO2S. The maximum absolute atomic E-state index is 13.1. The molecule has 8 heteroatoms. The molecule has 0 saturated carbocycles. The number of benzene rings is 2. The Hall–Kier alpha value is -2.45. The molecule has 0 radical (unpaired) electrons. The van der Waals surface area contributed by atoms with Gasteiger partial charge in [0.25, 0.3) is 5.56 Å². The summed E-state index contributed by atoms with van der Waals surface area (Å²) in [5.74, 6) is -0.151. The van der Waals surface area contributed by atoms with Crippen LogP contribution in [0.2, 0.25) is 0 Å². The molecule has 5 rings (SSSR count). The number of nitrogens with zero attached hydrogens (tertiary/aromatic N) is 3. The molecule has 5 aromatic rings. The Labute approximate surface area is 185 Å². The fraction of sp³-hybridized carbons (Fsp3) is 0.0500. The Morgan fingerprint density at radius 1 is 1.04 bits per heavy atom. The van der Waals surface area contributed by atoms with Gasteiger partial charge in [-0.15, -0.1) is 0 Å². The van der Waals surface area contributed by atoms with Gasteiger partial charge >= 0.3 is 29.6 Å². The van der Waals surface area contributed by atoms with E-state index in [4.69, 9.17) is 0 Å². The second kappa shape index (κ2) is 7.18.